The highest BCUT2D eigenvalue weighted by molar-refractivity contribution is 7.98. The number of sulfonamides is 1. The van der Waals surface area contributed by atoms with Crippen molar-refractivity contribution in [3.63, 3.8) is 0 Å². The number of hydrogen-bond acceptors (Lipinski definition) is 7. The molecule has 1 aliphatic carbocycles. The Labute approximate surface area is 271 Å². The summed E-state index contributed by atoms with van der Waals surface area (Å²) in [6.07, 6.45) is 6.21. The Kier molecular flexibility index (Phi) is 12.2. The van der Waals surface area contributed by atoms with E-state index in [9.17, 15) is 18.0 Å². The fourth-order valence-corrected chi connectivity index (χ4v) is 7.36. The molecule has 1 aliphatic rings. The molecule has 1 N–H and O–H groups in total. The normalized spacial score (nSPS) is 14.0. The second-order valence-corrected chi connectivity index (χ2v) is 13.6. The van der Waals surface area contributed by atoms with E-state index >= 15 is 0 Å². The van der Waals surface area contributed by atoms with Gasteiger partial charge in [-0.1, -0.05) is 31.9 Å². The Morgan fingerprint density at radius 2 is 1.67 bits per heavy atom. The summed E-state index contributed by atoms with van der Waals surface area (Å²) >= 11 is 1.51. The van der Waals surface area contributed by atoms with Crippen LogP contribution in [0.2, 0.25) is 0 Å². The van der Waals surface area contributed by atoms with E-state index in [-0.39, 0.29) is 23.4 Å². The van der Waals surface area contributed by atoms with E-state index in [0.29, 0.717) is 30.2 Å². The van der Waals surface area contributed by atoms with Crippen molar-refractivity contribution < 1.29 is 27.5 Å². The van der Waals surface area contributed by atoms with Gasteiger partial charge < -0.3 is 19.7 Å². The third kappa shape index (κ3) is 8.73. The van der Waals surface area contributed by atoms with Crippen molar-refractivity contribution >= 4 is 39.3 Å². The second-order valence-electron chi connectivity index (χ2n) is 10.9. The number of nitrogens with zero attached hydrogens (tertiary/aromatic N) is 2. The molecule has 11 heteroatoms. The minimum Gasteiger partial charge on any atom is -0.497 e. The van der Waals surface area contributed by atoms with Crippen LogP contribution in [0, 0.1) is 0 Å². The second kappa shape index (κ2) is 16.0. The minimum atomic E-state index is -4.17. The molecule has 3 aromatic rings. The zero-order valence-corrected chi connectivity index (χ0v) is 28.0. The Bertz CT molecular complexity index is 1520. The van der Waals surface area contributed by atoms with Crippen LogP contribution in [0.1, 0.15) is 51.5 Å². The molecule has 0 bridgehead atoms. The van der Waals surface area contributed by atoms with Gasteiger partial charge in [0.15, 0.2) is 0 Å². The van der Waals surface area contributed by atoms with Gasteiger partial charge in [-0.15, -0.1) is 11.8 Å². The maximum absolute atomic E-state index is 14.4. The maximum atomic E-state index is 14.4. The topological polar surface area (TPSA) is 105 Å². The van der Waals surface area contributed by atoms with Crippen molar-refractivity contribution in [1.29, 1.82) is 0 Å². The van der Waals surface area contributed by atoms with E-state index in [0.717, 1.165) is 40.4 Å². The standard InChI is InChI=1S/C34H43N3O6S2/c1-5-32(34(39)35-26-11-7-8-12-26)36(23-25-10-9-13-29(22-25)42-3)33(38)24-37(27-14-16-28(17-15-27)43-6-2)45(40,41)31-20-18-30(44-4)19-21-31/h9-10,13-22,26,32H,5-8,11-12,23-24H2,1-4H3,(H,35,39)/t32-/m1/s1. The molecule has 0 aromatic heterocycles. The number of ether oxygens (including phenoxy) is 2. The summed E-state index contributed by atoms with van der Waals surface area (Å²) in [4.78, 5) is 30.5. The average Bonchev–Trinajstić information content (AvgIpc) is 3.57. The number of benzene rings is 3. The number of carbonyl (C=O) groups excluding carboxylic acids is 2. The van der Waals surface area contributed by atoms with Crippen molar-refractivity contribution in [2.45, 2.75) is 74.4 Å². The highest BCUT2D eigenvalue weighted by Gasteiger charge is 2.34. The number of rotatable bonds is 15. The maximum Gasteiger partial charge on any atom is 0.264 e. The summed E-state index contributed by atoms with van der Waals surface area (Å²) in [5.41, 5.74) is 1.07. The summed E-state index contributed by atoms with van der Waals surface area (Å²) < 4.78 is 40.4. The minimum absolute atomic E-state index is 0.0624. The van der Waals surface area contributed by atoms with Crippen molar-refractivity contribution in [2.24, 2.45) is 0 Å². The van der Waals surface area contributed by atoms with Crippen LogP contribution in [0.15, 0.2) is 82.6 Å². The molecule has 1 atom stereocenters. The lowest BCUT2D eigenvalue weighted by molar-refractivity contribution is -0.140. The van der Waals surface area contributed by atoms with Gasteiger partial charge in [0.05, 0.1) is 24.3 Å². The lowest BCUT2D eigenvalue weighted by atomic mass is 10.1. The van der Waals surface area contributed by atoms with Crippen molar-refractivity contribution in [3.8, 4) is 11.5 Å². The quantitative estimate of drug-likeness (QED) is 0.204. The molecule has 0 radical (unpaired) electrons. The molecule has 4 rings (SSSR count). The summed E-state index contributed by atoms with van der Waals surface area (Å²) in [5, 5.41) is 3.14. The molecule has 0 aliphatic heterocycles. The molecule has 0 saturated heterocycles. The molecule has 3 aromatic carbocycles. The zero-order valence-electron chi connectivity index (χ0n) is 26.4. The fraction of sp³-hybridized carbons (Fsp3) is 0.412. The monoisotopic (exact) mass is 653 g/mol. The summed E-state index contributed by atoms with van der Waals surface area (Å²) in [6.45, 7) is 3.79. The lowest BCUT2D eigenvalue weighted by Gasteiger charge is -2.34. The smallest absolute Gasteiger partial charge is 0.264 e. The van der Waals surface area contributed by atoms with Crippen LogP contribution >= 0.6 is 11.8 Å². The summed E-state index contributed by atoms with van der Waals surface area (Å²) in [5.74, 6) is 0.479. The number of thioether (sulfide) groups is 1. The molecule has 1 saturated carbocycles. The first-order valence-corrected chi connectivity index (χ1v) is 18.0. The Hall–Kier alpha value is -3.70. The number of hydrogen-bond donors (Lipinski definition) is 1. The van der Waals surface area contributed by atoms with Crippen LogP contribution in [0.25, 0.3) is 0 Å². The Morgan fingerprint density at radius 1 is 0.978 bits per heavy atom. The van der Waals surface area contributed by atoms with Crippen LogP contribution in [0.4, 0.5) is 5.69 Å². The first-order chi connectivity index (χ1) is 21.7. The number of amides is 2. The molecular formula is C34H43N3O6S2. The highest BCUT2D eigenvalue weighted by Crippen LogP contribution is 2.28. The van der Waals surface area contributed by atoms with Crippen LogP contribution in [0.5, 0.6) is 11.5 Å². The van der Waals surface area contributed by atoms with Gasteiger partial charge in [0, 0.05) is 17.5 Å². The van der Waals surface area contributed by atoms with E-state index in [1.54, 1.807) is 55.6 Å². The number of methoxy groups -OCH3 is 1. The van der Waals surface area contributed by atoms with Gasteiger partial charge in [-0.25, -0.2) is 8.42 Å². The lowest BCUT2D eigenvalue weighted by Crippen LogP contribution is -2.53. The van der Waals surface area contributed by atoms with Crippen molar-refractivity contribution in [1.82, 2.24) is 10.2 Å². The summed E-state index contributed by atoms with van der Waals surface area (Å²) in [7, 11) is -2.61. The molecule has 242 valence electrons. The largest absolute Gasteiger partial charge is 0.497 e. The van der Waals surface area contributed by atoms with Crippen LogP contribution in [0.3, 0.4) is 0 Å². The molecule has 1 fully saturated rings. The SMILES string of the molecule is CCOc1ccc(N(CC(=O)N(Cc2cccc(OC)c2)[C@H](CC)C(=O)NC2CCCC2)S(=O)(=O)c2ccc(SC)cc2)cc1. The van der Waals surface area contributed by atoms with Crippen LogP contribution in [-0.4, -0.2) is 63.7 Å². The van der Waals surface area contributed by atoms with Gasteiger partial charge >= 0.3 is 0 Å². The fourth-order valence-electron chi connectivity index (χ4n) is 5.53. The van der Waals surface area contributed by atoms with Gasteiger partial charge in [0.25, 0.3) is 10.0 Å². The molecular weight excluding hydrogens is 611 g/mol. The molecule has 2 amide bonds. The van der Waals surface area contributed by atoms with Gasteiger partial charge in [0.2, 0.25) is 11.8 Å². The van der Waals surface area contributed by atoms with Gasteiger partial charge in [-0.05, 0) is 98.7 Å². The number of anilines is 1. The molecule has 0 spiro atoms. The number of carbonyl (C=O) groups is 2. The first-order valence-electron chi connectivity index (χ1n) is 15.3. The Balaban J connectivity index is 1.72. The average molecular weight is 654 g/mol. The Morgan fingerprint density at radius 3 is 2.27 bits per heavy atom. The van der Waals surface area contributed by atoms with E-state index in [4.69, 9.17) is 9.47 Å². The van der Waals surface area contributed by atoms with Crippen LogP contribution in [-0.2, 0) is 26.2 Å². The van der Waals surface area contributed by atoms with Crippen molar-refractivity contribution in [3.05, 3.63) is 78.4 Å². The third-order valence-corrected chi connectivity index (χ3v) is 10.5. The van der Waals surface area contributed by atoms with Crippen LogP contribution < -0.4 is 19.1 Å². The van der Waals surface area contributed by atoms with E-state index < -0.39 is 28.5 Å². The highest BCUT2D eigenvalue weighted by atomic mass is 32.2. The van der Waals surface area contributed by atoms with Crippen molar-refractivity contribution in [2.75, 3.05) is 30.8 Å². The molecule has 45 heavy (non-hydrogen) atoms. The predicted octanol–water partition coefficient (Wildman–Crippen LogP) is 5.88. The zero-order chi connectivity index (χ0) is 32.4. The number of nitrogens with one attached hydrogen (secondary N) is 1. The third-order valence-electron chi connectivity index (χ3n) is 7.94. The van der Waals surface area contributed by atoms with E-state index in [1.165, 1.54) is 16.7 Å². The first kappa shape index (κ1) is 34.2. The van der Waals surface area contributed by atoms with E-state index in [1.807, 2.05) is 44.4 Å². The van der Waals surface area contributed by atoms with Gasteiger partial charge in [0.1, 0.15) is 24.1 Å². The summed E-state index contributed by atoms with van der Waals surface area (Å²) in [6, 6.07) is 19.8. The molecule has 0 unspecified atom stereocenters. The van der Waals surface area contributed by atoms with E-state index in [2.05, 4.69) is 5.32 Å². The van der Waals surface area contributed by atoms with Gasteiger partial charge in [-0.3, -0.25) is 13.9 Å². The van der Waals surface area contributed by atoms with Gasteiger partial charge in [-0.2, -0.15) is 0 Å². The predicted molar refractivity (Wildman–Crippen MR) is 178 cm³/mol. The molecule has 9 nitrogen and oxygen atoms in total. The molecule has 0 heterocycles.